The first-order valence-electron chi connectivity index (χ1n) is 16.5. The van der Waals surface area contributed by atoms with Gasteiger partial charge in [-0.05, 0) is 19.8 Å². The maximum absolute atomic E-state index is 15.4. The monoisotopic (exact) mass is 851 g/mol. The molecule has 0 radical (unpaired) electrons. The summed E-state index contributed by atoms with van der Waals surface area (Å²) in [5, 5.41) is 0. The van der Waals surface area contributed by atoms with Crippen LogP contribution >= 0.6 is 0 Å². The number of hydrogen-bond donors (Lipinski definition) is 1. The van der Waals surface area contributed by atoms with Gasteiger partial charge in [0.25, 0.3) is 0 Å². The van der Waals surface area contributed by atoms with Crippen molar-refractivity contribution in [3.05, 3.63) is 116 Å². The van der Waals surface area contributed by atoms with E-state index in [0.717, 1.165) is 5.92 Å². The molecule has 2 atom stereocenters. The van der Waals surface area contributed by atoms with Gasteiger partial charge in [0.15, 0.2) is 69.8 Å². The third-order valence-corrected chi connectivity index (χ3v) is 9.49. The molecule has 0 fully saturated rings. The molecule has 0 saturated heterocycles. The second-order valence-corrected chi connectivity index (χ2v) is 12.7. The first kappa shape index (κ1) is 46.9. The van der Waals surface area contributed by atoms with Gasteiger partial charge in [-0.2, -0.15) is 0 Å². The van der Waals surface area contributed by atoms with E-state index >= 15 is 35.1 Å². The van der Waals surface area contributed by atoms with E-state index in [9.17, 15) is 52.7 Å². The molecule has 4 aromatic carbocycles. The lowest BCUT2D eigenvalue weighted by Crippen LogP contribution is -3.09. The summed E-state index contributed by atoms with van der Waals surface area (Å²) in [5.41, 5.74) is -14.3. The van der Waals surface area contributed by atoms with E-state index in [1.165, 1.54) is 38.8 Å². The third kappa shape index (κ3) is 7.76. The van der Waals surface area contributed by atoms with Crippen molar-refractivity contribution >= 4 is 28.0 Å². The fourth-order valence-corrected chi connectivity index (χ4v) is 6.45. The van der Waals surface area contributed by atoms with Crippen molar-refractivity contribution in [3.8, 4) is 0 Å². The maximum Gasteiger partial charge on any atom is 0.200 e. The molecule has 1 N–H and O–H groups in total. The summed E-state index contributed by atoms with van der Waals surface area (Å²) in [6, 6.07) is 0. The molecule has 0 amide bonds. The molecule has 0 aliphatic heterocycles. The van der Waals surface area contributed by atoms with Crippen LogP contribution in [0, 0.1) is 122 Å². The predicted molar refractivity (Wildman–Crippen MR) is 165 cm³/mol. The second-order valence-electron chi connectivity index (χ2n) is 12.7. The molecule has 314 valence electrons. The fourth-order valence-electron chi connectivity index (χ4n) is 6.45. The van der Waals surface area contributed by atoms with Gasteiger partial charge in [0.2, 0.25) is 0 Å². The Hall–Kier alpha value is -4.50. The van der Waals surface area contributed by atoms with Gasteiger partial charge in [-0.1, -0.05) is 26.7 Å². The quantitative estimate of drug-likeness (QED) is 0.0688. The van der Waals surface area contributed by atoms with Crippen LogP contribution in [0.1, 0.15) is 46.5 Å². The number of nitrogens with one attached hydrogen (secondary N) is 1. The minimum Gasteiger partial charge on any atom is -0.337 e. The standard InChI is InChI=1S/C24BF20.C11H25N/c26-5-1(6(27)14(35)21(42)13(5)34)25(2-7(28)15(36)22(43)16(37)8(2)29,3-9(30)17(38)23(44)18(39)10(3)31)4-11(32)19(40)24(45)20(41)12(4)33;1-5-8-9-11(6-2)10-12(4)7-3/h;11H,5-10H2,1-4H3/q-1;/p+1. The van der Waals surface area contributed by atoms with E-state index in [0.29, 0.717) is 0 Å². The number of quaternary nitrogens is 1. The Kier molecular flexibility index (Phi) is 14.8. The van der Waals surface area contributed by atoms with Gasteiger partial charge >= 0.3 is 0 Å². The first-order chi connectivity index (χ1) is 26.4. The summed E-state index contributed by atoms with van der Waals surface area (Å²) >= 11 is 0. The summed E-state index contributed by atoms with van der Waals surface area (Å²) in [4.78, 5) is 1.68. The van der Waals surface area contributed by atoms with Crippen molar-refractivity contribution in [1.82, 2.24) is 0 Å². The number of unbranched alkanes of at least 4 members (excludes halogenated alkanes) is 1. The van der Waals surface area contributed by atoms with Gasteiger partial charge in [0.05, 0.1) is 20.1 Å². The Bertz CT molecular complexity index is 1790. The molecule has 0 bridgehead atoms. The van der Waals surface area contributed by atoms with Crippen LogP contribution in [0.25, 0.3) is 0 Å². The SMILES string of the molecule is CCCCC(CC)C[NH+](C)CC.Fc1c(F)c(F)c([B-](c2c(F)c(F)c(F)c(F)c2F)(c2c(F)c(F)c(F)c(F)c2F)c2c(F)c(F)c(F)c(F)c2F)c(F)c1F. The van der Waals surface area contributed by atoms with Crippen LogP contribution in [-0.2, 0) is 0 Å². The van der Waals surface area contributed by atoms with Crippen molar-refractivity contribution in [2.45, 2.75) is 46.5 Å². The molecule has 22 heteroatoms. The second kappa shape index (κ2) is 18.0. The van der Waals surface area contributed by atoms with Crippen LogP contribution in [0.4, 0.5) is 87.8 Å². The van der Waals surface area contributed by atoms with Gasteiger partial charge in [0.1, 0.15) is 52.7 Å². The number of hydrogen-bond acceptors (Lipinski definition) is 0. The van der Waals surface area contributed by atoms with Crippen LogP contribution < -0.4 is 26.8 Å². The van der Waals surface area contributed by atoms with Gasteiger partial charge < -0.3 is 4.90 Å². The highest BCUT2D eigenvalue weighted by molar-refractivity contribution is 7.20. The normalized spacial score (nSPS) is 12.8. The summed E-state index contributed by atoms with van der Waals surface area (Å²) in [6.45, 7) is 9.50. The van der Waals surface area contributed by atoms with Crippen molar-refractivity contribution in [2.24, 2.45) is 5.92 Å². The lowest BCUT2D eigenvalue weighted by molar-refractivity contribution is -0.881. The van der Waals surface area contributed by atoms with E-state index < -0.39 is 144 Å². The van der Waals surface area contributed by atoms with Gasteiger partial charge in [-0.25, -0.2) is 87.8 Å². The van der Waals surface area contributed by atoms with E-state index in [1.807, 2.05) is 0 Å². The lowest BCUT2D eigenvalue weighted by atomic mass is 9.12. The molecule has 0 aliphatic carbocycles. The van der Waals surface area contributed by atoms with Crippen LogP contribution in [0.15, 0.2) is 0 Å². The number of halogens is 20. The zero-order valence-corrected chi connectivity index (χ0v) is 29.5. The molecule has 0 aliphatic rings. The highest BCUT2D eigenvalue weighted by Crippen LogP contribution is 2.30. The molecule has 0 heterocycles. The summed E-state index contributed by atoms with van der Waals surface area (Å²) in [5.74, 6) is -70.4. The molecule has 4 rings (SSSR count). The molecule has 2 unspecified atom stereocenters. The van der Waals surface area contributed by atoms with Gasteiger partial charge in [-0.3, -0.25) is 0 Å². The lowest BCUT2D eigenvalue weighted by Gasteiger charge is -2.44. The zero-order valence-electron chi connectivity index (χ0n) is 29.5. The topological polar surface area (TPSA) is 4.44 Å². The number of benzene rings is 4. The minimum absolute atomic E-state index is 0.963. The maximum atomic E-state index is 15.4. The Balaban J connectivity index is 0.000000626. The van der Waals surface area contributed by atoms with Crippen LogP contribution in [0.2, 0.25) is 0 Å². The molecule has 0 aromatic heterocycles. The van der Waals surface area contributed by atoms with Crippen molar-refractivity contribution < 1.29 is 92.7 Å². The van der Waals surface area contributed by atoms with Crippen LogP contribution in [-0.4, -0.2) is 26.3 Å². The van der Waals surface area contributed by atoms with E-state index in [2.05, 4.69) is 27.8 Å². The minimum atomic E-state index is -7.22. The molecular formula is C35H26BF20N. The van der Waals surface area contributed by atoms with Crippen molar-refractivity contribution in [2.75, 3.05) is 20.1 Å². The van der Waals surface area contributed by atoms with E-state index in [4.69, 9.17) is 0 Å². The largest absolute Gasteiger partial charge is 0.337 e. The molecule has 1 nitrogen and oxygen atoms in total. The van der Waals surface area contributed by atoms with Gasteiger partial charge in [0, 0.05) is 5.92 Å². The number of rotatable bonds is 11. The van der Waals surface area contributed by atoms with Crippen molar-refractivity contribution in [1.29, 1.82) is 0 Å². The molecule has 57 heavy (non-hydrogen) atoms. The highest BCUT2D eigenvalue weighted by atomic mass is 19.2. The average molecular weight is 851 g/mol. The van der Waals surface area contributed by atoms with E-state index in [-0.39, 0.29) is 0 Å². The molecule has 4 aromatic rings. The fraction of sp³-hybridized carbons (Fsp3) is 0.314. The van der Waals surface area contributed by atoms with Crippen LogP contribution in [0.5, 0.6) is 0 Å². The van der Waals surface area contributed by atoms with Crippen LogP contribution in [0.3, 0.4) is 0 Å². The Morgan fingerprint density at radius 3 is 0.754 bits per heavy atom. The Morgan fingerprint density at radius 2 is 0.579 bits per heavy atom. The Morgan fingerprint density at radius 1 is 0.368 bits per heavy atom. The van der Waals surface area contributed by atoms with Crippen molar-refractivity contribution in [3.63, 3.8) is 0 Å². The third-order valence-electron chi connectivity index (χ3n) is 9.49. The zero-order chi connectivity index (χ0) is 43.8. The first-order valence-corrected chi connectivity index (χ1v) is 16.5. The Labute approximate surface area is 309 Å². The summed E-state index contributed by atoms with van der Waals surface area (Å²) in [6.07, 6.45) is -1.66. The van der Waals surface area contributed by atoms with Gasteiger partial charge in [-0.15, -0.1) is 21.9 Å². The molecule has 0 saturated carbocycles. The molecule has 0 spiro atoms. The average Bonchev–Trinajstić information content (AvgIpc) is 3.19. The highest BCUT2D eigenvalue weighted by Gasteiger charge is 2.52. The summed E-state index contributed by atoms with van der Waals surface area (Å²) in [7, 11) is 2.30. The van der Waals surface area contributed by atoms with E-state index in [1.54, 1.807) is 4.90 Å². The molecular weight excluding hydrogens is 825 g/mol. The predicted octanol–water partition coefficient (Wildman–Crippen LogP) is 7.58. The summed E-state index contributed by atoms with van der Waals surface area (Å²) < 4.78 is 294. The smallest absolute Gasteiger partial charge is 0.200 e.